The summed E-state index contributed by atoms with van der Waals surface area (Å²) < 4.78 is 2.04. The van der Waals surface area contributed by atoms with Gasteiger partial charge >= 0.3 is 0 Å². The largest absolute Gasteiger partial charge is 0.302 e. The molecule has 2 heterocycles. The minimum atomic E-state index is -0.116. The van der Waals surface area contributed by atoms with Gasteiger partial charge in [-0.05, 0) is 19.3 Å². The van der Waals surface area contributed by atoms with Gasteiger partial charge in [-0.1, -0.05) is 36.1 Å². The van der Waals surface area contributed by atoms with Crippen LogP contribution in [0.25, 0.3) is 0 Å². The van der Waals surface area contributed by atoms with Gasteiger partial charge in [0.05, 0.1) is 5.75 Å². The third kappa shape index (κ3) is 3.97. The Bertz CT molecular complexity index is 706. The number of anilines is 1. The zero-order valence-corrected chi connectivity index (χ0v) is 14.5. The van der Waals surface area contributed by atoms with Crippen molar-refractivity contribution in [2.75, 3.05) is 11.1 Å². The lowest BCUT2D eigenvalue weighted by atomic mass is 10.4. The average molecular weight is 350 g/mol. The molecule has 0 radical (unpaired) electrons. The van der Waals surface area contributed by atoms with Gasteiger partial charge in [-0.2, -0.15) is 0 Å². The summed E-state index contributed by atoms with van der Waals surface area (Å²) in [5, 5.41) is 21.4. The molecule has 0 bridgehead atoms. The quantitative estimate of drug-likeness (QED) is 0.581. The van der Waals surface area contributed by atoms with Crippen molar-refractivity contribution >= 4 is 34.1 Å². The molecule has 122 valence electrons. The Kier molecular flexibility index (Phi) is 5.06. The Morgan fingerprint density at radius 3 is 2.91 bits per heavy atom. The van der Waals surface area contributed by atoms with E-state index in [-0.39, 0.29) is 11.7 Å². The van der Waals surface area contributed by atoms with E-state index in [9.17, 15) is 4.79 Å². The summed E-state index contributed by atoms with van der Waals surface area (Å²) in [6.45, 7) is 6.45. The second kappa shape index (κ2) is 7.22. The van der Waals surface area contributed by atoms with Gasteiger partial charge < -0.3 is 4.57 Å². The minimum absolute atomic E-state index is 0.116. The summed E-state index contributed by atoms with van der Waals surface area (Å²) >= 11 is 2.78. The second-order valence-electron chi connectivity index (χ2n) is 5.21. The molecule has 0 spiro atoms. The molecular weight excluding hydrogens is 332 g/mol. The van der Waals surface area contributed by atoms with Gasteiger partial charge in [0.1, 0.15) is 10.8 Å². The van der Waals surface area contributed by atoms with E-state index < -0.39 is 0 Å². The number of aryl methyl sites for hydroxylation is 1. The molecule has 0 aliphatic heterocycles. The van der Waals surface area contributed by atoms with Gasteiger partial charge in [-0.3, -0.25) is 10.1 Å². The number of nitrogens with one attached hydrogen (secondary N) is 1. The summed E-state index contributed by atoms with van der Waals surface area (Å²) in [6, 6.07) is 0. The molecule has 9 heteroatoms. The SMILES string of the molecule is C=CCn1c(SCC(=O)Nc2nnc(CC)s2)nnc1C1CC1. The van der Waals surface area contributed by atoms with E-state index in [1.807, 2.05) is 17.6 Å². The third-order valence-electron chi connectivity index (χ3n) is 3.35. The van der Waals surface area contributed by atoms with Crippen molar-refractivity contribution in [1.29, 1.82) is 0 Å². The van der Waals surface area contributed by atoms with Crippen molar-refractivity contribution in [1.82, 2.24) is 25.0 Å². The summed E-state index contributed by atoms with van der Waals surface area (Å²) in [6.07, 6.45) is 4.97. The highest BCUT2D eigenvalue weighted by Crippen LogP contribution is 2.40. The van der Waals surface area contributed by atoms with Crippen LogP contribution in [0, 0.1) is 0 Å². The second-order valence-corrected chi connectivity index (χ2v) is 7.21. The van der Waals surface area contributed by atoms with E-state index in [2.05, 4.69) is 32.3 Å². The number of rotatable bonds is 8. The smallest absolute Gasteiger partial charge is 0.236 e. The summed E-state index contributed by atoms with van der Waals surface area (Å²) in [4.78, 5) is 12.0. The number of aromatic nitrogens is 5. The van der Waals surface area contributed by atoms with E-state index in [0.717, 1.165) is 35.3 Å². The van der Waals surface area contributed by atoms with Crippen molar-refractivity contribution in [3.05, 3.63) is 23.5 Å². The van der Waals surface area contributed by atoms with Gasteiger partial charge in [0.15, 0.2) is 5.16 Å². The lowest BCUT2D eigenvalue weighted by molar-refractivity contribution is -0.113. The van der Waals surface area contributed by atoms with Gasteiger partial charge in [-0.15, -0.1) is 27.0 Å². The number of allylic oxidation sites excluding steroid dienone is 1. The number of thioether (sulfide) groups is 1. The molecule has 1 fully saturated rings. The monoisotopic (exact) mass is 350 g/mol. The number of hydrogen-bond donors (Lipinski definition) is 1. The molecule has 1 aliphatic rings. The van der Waals surface area contributed by atoms with Crippen LogP contribution in [0.5, 0.6) is 0 Å². The Balaban J connectivity index is 1.59. The standard InChI is InChI=1S/C14H18N6OS2/c1-3-7-20-12(9-5-6-9)17-19-14(20)22-8-10(21)15-13-18-16-11(4-2)23-13/h3,9H,1,4-8H2,2H3,(H,15,18,21). The third-order valence-corrected chi connectivity index (χ3v) is 5.30. The number of amides is 1. The molecule has 1 saturated carbocycles. The summed E-state index contributed by atoms with van der Waals surface area (Å²) in [5.74, 6) is 1.67. The summed E-state index contributed by atoms with van der Waals surface area (Å²) in [5.41, 5.74) is 0. The van der Waals surface area contributed by atoms with Gasteiger partial charge in [0.2, 0.25) is 11.0 Å². The van der Waals surface area contributed by atoms with E-state index in [0.29, 0.717) is 17.6 Å². The molecule has 23 heavy (non-hydrogen) atoms. The van der Waals surface area contributed by atoms with E-state index in [1.54, 1.807) is 0 Å². The topological polar surface area (TPSA) is 85.6 Å². The van der Waals surface area contributed by atoms with Crippen LogP contribution in [0.4, 0.5) is 5.13 Å². The molecule has 0 atom stereocenters. The highest BCUT2D eigenvalue weighted by molar-refractivity contribution is 7.99. The van der Waals surface area contributed by atoms with Crippen molar-refractivity contribution in [2.45, 2.75) is 43.8 Å². The Labute approximate surface area is 142 Å². The zero-order chi connectivity index (χ0) is 16.2. The first kappa shape index (κ1) is 16.1. The lowest BCUT2D eigenvalue weighted by Crippen LogP contribution is -2.14. The fourth-order valence-corrected chi connectivity index (χ4v) is 3.53. The Morgan fingerprint density at radius 1 is 1.43 bits per heavy atom. The molecule has 1 aliphatic carbocycles. The van der Waals surface area contributed by atoms with Gasteiger partial charge in [0.25, 0.3) is 0 Å². The maximum Gasteiger partial charge on any atom is 0.236 e. The maximum absolute atomic E-state index is 12.0. The van der Waals surface area contributed by atoms with Crippen molar-refractivity contribution < 1.29 is 4.79 Å². The first-order valence-electron chi connectivity index (χ1n) is 7.50. The van der Waals surface area contributed by atoms with Gasteiger partial charge in [0, 0.05) is 12.5 Å². The van der Waals surface area contributed by atoms with Crippen LogP contribution >= 0.6 is 23.1 Å². The Hall–Kier alpha value is -1.74. The molecule has 2 aromatic rings. The predicted octanol–water partition coefficient (Wildman–Crippen LogP) is 2.49. The molecule has 3 rings (SSSR count). The van der Waals surface area contributed by atoms with E-state index in [4.69, 9.17) is 0 Å². The van der Waals surface area contributed by atoms with Crippen LogP contribution in [0.15, 0.2) is 17.8 Å². The van der Waals surface area contributed by atoms with Crippen LogP contribution in [-0.2, 0) is 17.8 Å². The molecule has 0 unspecified atom stereocenters. The van der Waals surface area contributed by atoms with Crippen molar-refractivity contribution in [2.24, 2.45) is 0 Å². The van der Waals surface area contributed by atoms with Crippen molar-refractivity contribution in [3.8, 4) is 0 Å². The molecule has 0 saturated heterocycles. The molecule has 0 aromatic carbocycles. The fourth-order valence-electron chi connectivity index (χ4n) is 2.08. The van der Waals surface area contributed by atoms with Gasteiger partial charge in [-0.25, -0.2) is 0 Å². The highest BCUT2D eigenvalue weighted by Gasteiger charge is 2.30. The van der Waals surface area contributed by atoms with Crippen LogP contribution < -0.4 is 5.32 Å². The van der Waals surface area contributed by atoms with E-state index >= 15 is 0 Å². The highest BCUT2D eigenvalue weighted by atomic mass is 32.2. The molecule has 7 nitrogen and oxygen atoms in total. The fraction of sp³-hybridized carbons (Fsp3) is 0.500. The number of hydrogen-bond acceptors (Lipinski definition) is 7. The van der Waals surface area contributed by atoms with Crippen LogP contribution in [0.2, 0.25) is 0 Å². The molecule has 1 amide bonds. The lowest BCUT2D eigenvalue weighted by Gasteiger charge is -2.06. The number of carbonyl (C=O) groups excluding carboxylic acids is 1. The molecule has 2 aromatic heterocycles. The Morgan fingerprint density at radius 2 is 2.26 bits per heavy atom. The summed E-state index contributed by atoms with van der Waals surface area (Å²) in [7, 11) is 0. The van der Waals surface area contributed by atoms with Crippen molar-refractivity contribution in [3.63, 3.8) is 0 Å². The first-order chi connectivity index (χ1) is 11.2. The van der Waals surface area contributed by atoms with Crippen LogP contribution in [0.3, 0.4) is 0 Å². The zero-order valence-electron chi connectivity index (χ0n) is 12.9. The van der Waals surface area contributed by atoms with Crippen LogP contribution in [-0.4, -0.2) is 36.6 Å². The molecular formula is C14H18N6OS2. The minimum Gasteiger partial charge on any atom is -0.302 e. The maximum atomic E-state index is 12.0. The first-order valence-corrected chi connectivity index (χ1v) is 9.30. The number of carbonyl (C=O) groups is 1. The number of nitrogens with zero attached hydrogens (tertiary/aromatic N) is 5. The normalized spacial score (nSPS) is 14.0. The van der Waals surface area contributed by atoms with E-state index in [1.165, 1.54) is 23.1 Å². The average Bonchev–Trinajstić information content (AvgIpc) is 3.16. The predicted molar refractivity (Wildman–Crippen MR) is 90.8 cm³/mol. The molecule has 1 N–H and O–H groups in total. The van der Waals surface area contributed by atoms with Crippen LogP contribution in [0.1, 0.15) is 36.5 Å².